The molecule has 1 N–H and O–H groups in total. The molecule has 0 aliphatic heterocycles. The van der Waals surface area contributed by atoms with Crippen LogP contribution in [-0.2, 0) is 11.3 Å². The first-order valence-corrected chi connectivity index (χ1v) is 6.60. The summed E-state index contributed by atoms with van der Waals surface area (Å²) in [5, 5.41) is 8.88. The Bertz CT molecular complexity index is 432. The molecule has 1 fully saturated rings. The van der Waals surface area contributed by atoms with E-state index in [1.165, 1.54) is 18.9 Å². The van der Waals surface area contributed by atoms with Crippen molar-refractivity contribution in [1.82, 2.24) is 9.88 Å². The van der Waals surface area contributed by atoms with Crippen LogP contribution in [0.15, 0.2) is 18.2 Å². The Morgan fingerprint density at radius 2 is 2.32 bits per heavy atom. The van der Waals surface area contributed by atoms with Gasteiger partial charge in [-0.3, -0.25) is 4.90 Å². The van der Waals surface area contributed by atoms with Crippen molar-refractivity contribution in [1.29, 1.82) is 0 Å². The van der Waals surface area contributed by atoms with Gasteiger partial charge in [0.25, 0.3) is 0 Å². The molecule has 1 heterocycles. The summed E-state index contributed by atoms with van der Waals surface area (Å²) >= 11 is 0. The molecular formula is C14H20N2O3. The van der Waals surface area contributed by atoms with Gasteiger partial charge in [0.15, 0.2) is 0 Å². The van der Waals surface area contributed by atoms with E-state index < -0.39 is 5.97 Å². The summed E-state index contributed by atoms with van der Waals surface area (Å²) in [6.45, 7) is 3.05. The highest BCUT2D eigenvalue weighted by atomic mass is 16.5. The Hall–Kier alpha value is -1.46. The molecule has 5 nitrogen and oxygen atoms in total. The maximum atomic E-state index is 10.8. The first-order chi connectivity index (χ1) is 9.15. The zero-order valence-electron chi connectivity index (χ0n) is 11.2. The van der Waals surface area contributed by atoms with Gasteiger partial charge in [0.2, 0.25) is 0 Å². The largest absolute Gasteiger partial charge is 0.477 e. The first kappa shape index (κ1) is 14.0. The van der Waals surface area contributed by atoms with Crippen LogP contribution in [0.4, 0.5) is 0 Å². The number of hydrogen-bond donors (Lipinski definition) is 1. The summed E-state index contributed by atoms with van der Waals surface area (Å²) in [6.07, 6.45) is 2.61. The quantitative estimate of drug-likeness (QED) is 0.723. The van der Waals surface area contributed by atoms with Crippen molar-refractivity contribution >= 4 is 5.97 Å². The molecule has 1 aromatic rings. The van der Waals surface area contributed by atoms with E-state index in [0.29, 0.717) is 13.2 Å². The molecule has 0 radical (unpaired) electrons. The van der Waals surface area contributed by atoms with E-state index in [-0.39, 0.29) is 5.69 Å². The molecule has 0 aromatic carbocycles. The van der Waals surface area contributed by atoms with Gasteiger partial charge >= 0.3 is 5.97 Å². The standard InChI is InChI=1S/C14H20N2O3/c1-16(7-8-19-10-11-5-6-11)9-12-3-2-4-13(15-12)14(17)18/h2-4,11H,5-10H2,1H3,(H,17,18). The average Bonchev–Trinajstić information content (AvgIpc) is 3.19. The summed E-state index contributed by atoms with van der Waals surface area (Å²) < 4.78 is 5.57. The predicted octanol–water partition coefficient (Wildman–Crippen LogP) is 1.64. The molecule has 0 amide bonds. The van der Waals surface area contributed by atoms with E-state index in [2.05, 4.69) is 9.88 Å². The van der Waals surface area contributed by atoms with Crippen molar-refractivity contribution in [3.63, 3.8) is 0 Å². The SMILES string of the molecule is CN(CCOCC1CC1)Cc1cccc(C(=O)O)n1. The minimum absolute atomic E-state index is 0.0934. The highest BCUT2D eigenvalue weighted by Crippen LogP contribution is 2.28. The third-order valence-corrected chi connectivity index (χ3v) is 3.13. The molecule has 19 heavy (non-hydrogen) atoms. The predicted molar refractivity (Wildman–Crippen MR) is 71.1 cm³/mol. The number of carboxylic acid groups (broad SMARTS) is 1. The first-order valence-electron chi connectivity index (χ1n) is 6.60. The fourth-order valence-electron chi connectivity index (χ4n) is 1.80. The van der Waals surface area contributed by atoms with E-state index in [1.54, 1.807) is 6.07 Å². The van der Waals surface area contributed by atoms with Crippen LogP contribution >= 0.6 is 0 Å². The fraction of sp³-hybridized carbons (Fsp3) is 0.571. The van der Waals surface area contributed by atoms with Crippen molar-refractivity contribution in [2.45, 2.75) is 19.4 Å². The summed E-state index contributed by atoms with van der Waals surface area (Å²) in [5.41, 5.74) is 0.862. The van der Waals surface area contributed by atoms with Crippen LogP contribution < -0.4 is 0 Å². The van der Waals surface area contributed by atoms with Crippen molar-refractivity contribution in [3.05, 3.63) is 29.6 Å². The van der Waals surface area contributed by atoms with Crippen molar-refractivity contribution in [2.75, 3.05) is 26.8 Å². The Balaban J connectivity index is 1.72. The summed E-state index contributed by atoms with van der Waals surface area (Å²) in [4.78, 5) is 17.0. The topological polar surface area (TPSA) is 62.7 Å². The van der Waals surface area contributed by atoms with E-state index in [9.17, 15) is 4.79 Å². The molecule has 1 aliphatic carbocycles. The zero-order valence-corrected chi connectivity index (χ0v) is 11.2. The maximum Gasteiger partial charge on any atom is 0.354 e. The van der Waals surface area contributed by atoms with Gasteiger partial charge in [-0.15, -0.1) is 0 Å². The van der Waals surface area contributed by atoms with Gasteiger partial charge in [-0.2, -0.15) is 0 Å². The zero-order chi connectivity index (χ0) is 13.7. The van der Waals surface area contributed by atoms with Crippen LogP contribution in [0.1, 0.15) is 29.0 Å². The number of ether oxygens (including phenoxy) is 1. The highest BCUT2D eigenvalue weighted by molar-refractivity contribution is 5.85. The maximum absolute atomic E-state index is 10.8. The number of aromatic nitrogens is 1. The summed E-state index contributed by atoms with van der Waals surface area (Å²) in [5.74, 6) is -0.198. The second-order valence-electron chi connectivity index (χ2n) is 5.08. The third kappa shape index (κ3) is 4.96. The number of carboxylic acids is 1. The Morgan fingerprint density at radius 3 is 3.00 bits per heavy atom. The average molecular weight is 264 g/mol. The number of hydrogen-bond acceptors (Lipinski definition) is 4. The van der Waals surface area contributed by atoms with Gasteiger partial charge in [-0.25, -0.2) is 9.78 Å². The van der Waals surface area contributed by atoms with Crippen LogP contribution in [0.5, 0.6) is 0 Å². The molecule has 0 saturated heterocycles. The lowest BCUT2D eigenvalue weighted by Crippen LogP contribution is -2.24. The van der Waals surface area contributed by atoms with Gasteiger partial charge in [0.1, 0.15) is 5.69 Å². The number of likely N-dealkylation sites (N-methyl/N-ethyl adjacent to an activating group) is 1. The molecule has 0 bridgehead atoms. The monoisotopic (exact) mass is 264 g/mol. The molecule has 1 saturated carbocycles. The molecule has 0 atom stereocenters. The van der Waals surface area contributed by atoms with Gasteiger partial charge in [0, 0.05) is 19.7 Å². The second-order valence-corrected chi connectivity index (χ2v) is 5.08. The lowest BCUT2D eigenvalue weighted by Gasteiger charge is -2.16. The van der Waals surface area contributed by atoms with Crippen molar-refractivity contribution < 1.29 is 14.6 Å². The Labute approximate surface area is 113 Å². The molecule has 1 aromatic heterocycles. The molecule has 0 spiro atoms. The number of carbonyl (C=O) groups is 1. The van der Waals surface area contributed by atoms with Crippen LogP contribution in [0.25, 0.3) is 0 Å². The van der Waals surface area contributed by atoms with E-state index in [1.807, 2.05) is 13.1 Å². The molecular weight excluding hydrogens is 244 g/mol. The van der Waals surface area contributed by atoms with Crippen molar-refractivity contribution in [2.24, 2.45) is 5.92 Å². The molecule has 104 valence electrons. The van der Waals surface area contributed by atoms with Crippen molar-refractivity contribution in [3.8, 4) is 0 Å². The van der Waals surface area contributed by atoms with Gasteiger partial charge in [-0.1, -0.05) is 6.07 Å². The van der Waals surface area contributed by atoms with Crippen LogP contribution in [0.3, 0.4) is 0 Å². The number of rotatable bonds is 8. The van der Waals surface area contributed by atoms with Crippen LogP contribution in [-0.4, -0.2) is 47.8 Å². The Morgan fingerprint density at radius 1 is 1.53 bits per heavy atom. The minimum Gasteiger partial charge on any atom is -0.477 e. The van der Waals surface area contributed by atoms with Crippen LogP contribution in [0, 0.1) is 5.92 Å². The van der Waals surface area contributed by atoms with Gasteiger partial charge in [-0.05, 0) is 37.9 Å². The molecule has 0 unspecified atom stereocenters. The van der Waals surface area contributed by atoms with Crippen LogP contribution in [0.2, 0.25) is 0 Å². The third-order valence-electron chi connectivity index (χ3n) is 3.13. The minimum atomic E-state index is -0.989. The van der Waals surface area contributed by atoms with E-state index >= 15 is 0 Å². The normalized spacial score (nSPS) is 14.8. The smallest absolute Gasteiger partial charge is 0.354 e. The molecule has 5 heteroatoms. The fourth-order valence-corrected chi connectivity index (χ4v) is 1.80. The lowest BCUT2D eigenvalue weighted by atomic mass is 10.3. The number of pyridine rings is 1. The van der Waals surface area contributed by atoms with E-state index in [4.69, 9.17) is 9.84 Å². The van der Waals surface area contributed by atoms with Gasteiger partial charge in [0.05, 0.1) is 12.3 Å². The van der Waals surface area contributed by atoms with E-state index in [0.717, 1.165) is 24.8 Å². The molecule has 1 aliphatic rings. The highest BCUT2D eigenvalue weighted by Gasteiger charge is 2.20. The Kier molecular flexibility index (Phi) is 4.87. The lowest BCUT2D eigenvalue weighted by molar-refractivity contribution is 0.0689. The summed E-state index contributed by atoms with van der Waals surface area (Å²) in [6, 6.07) is 5.07. The molecule has 2 rings (SSSR count). The number of aromatic carboxylic acids is 1. The second kappa shape index (κ2) is 6.63. The van der Waals surface area contributed by atoms with Gasteiger partial charge < -0.3 is 9.84 Å². The number of nitrogens with zero attached hydrogens (tertiary/aromatic N) is 2. The summed E-state index contributed by atoms with van der Waals surface area (Å²) in [7, 11) is 1.98.